The smallest absolute Gasteiger partial charge is 0.254 e. The molecule has 0 aromatic heterocycles. The second-order valence-corrected chi connectivity index (χ2v) is 6.57. The van der Waals surface area contributed by atoms with E-state index in [1.165, 1.54) is 0 Å². The highest BCUT2D eigenvalue weighted by Gasteiger charge is 2.22. The molecule has 0 radical (unpaired) electrons. The van der Waals surface area contributed by atoms with E-state index in [-0.39, 0.29) is 5.91 Å². The summed E-state index contributed by atoms with van der Waals surface area (Å²) in [4.78, 5) is 16.9. The van der Waals surface area contributed by atoms with Crippen LogP contribution in [0.4, 0.5) is 0 Å². The fourth-order valence-electron chi connectivity index (χ4n) is 2.19. The van der Waals surface area contributed by atoms with Crippen LogP contribution in [0.1, 0.15) is 10.4 Å². The molecule has 20 heavy (non-hydrogen) atoms. The van der Waals surface area contributed by atoms with Crippen molar-refractivity contribution in [2.45, 2.75) is 0 Å². The lowest BCUT2D eigenvalue weighted by Gasteiger charge is -2.34. The van der Waals surface area contributed by atoms with Gasteiger partial charge in [-0.25, -0.2) is 0 Å². The summed E-state index contributed by atoms with van der Waals surface area (Å²) in [6, 6.07) is 5.24. The van der Waals surface area contributed by atoms with E-state index in [0.29, 0.717) is 35.2 Å². The van der Waals surface area contributed by atoms with E-state index in [0.717, 1.165) is 17.6 Å². The summed E-state index contributed by atoms with van der Waals surface area (Å²) in [7, 11) is 0. The molecule has 0 spiro atoms. The van der Waals surface area contributed by atoms with Crippen LogP contribution < -0.4 is 5.73 Å². The Hall–Kier alpha value is -0.690. The van der Waals surface area contributed by atoms with Crippen molar-refractivity contribution in [2.24, 2.45) is 5.73 Å². The highest BCUT2D eigenvalue weighted by molar-refractivity contribution is 9.10. The molecule has 1 heterocycles. The normalized spacial score (nSPS) is 16.2. The zero-order chi connectivity index (χ0) is 14.7. The Morgan fingerprint density at radius 1 is 1.30 bits per heavy atom. The van der Waals surface area contributed by atoms with Gasteiger partial charge in [0.05, 0.1) is 4.99 Å². The van der Waals surface area contributed by atoms with Crippen molar-refractivity contribution in [3.8, 4) is 0 Å². The molecule has 1 amide bonds. The molecule has 0 bridgehead atoms. The van der Waals surface area contributed by atoms with Crippen LogP contribution in [-0.2, 0) is 0 Å². The fraction of sp³-hybridized carbons (Fsp3) is 0.385. The molecule has 7 heteroatoms. The van der Waals surface area contributed by atoms with E-state index in [1.807, 2.05) is 4.90 Å². The first-order valence-corrected chi connectivity index (χ1v) is 7.79. The Morgan fingerprint density at radius 2 is 1.95 bits per heavy atom. The third kappa shape index (κ3) is 4.15. The van der Waals surface area contributed by atoms with Crippen molar-refractivity contribution < 1.29 is 4.79 Å². The standard InChI is InChI=1S/C13H15BrClN3OS/c14-10-5-9(6-11(15)7-10)13(19)18-3-1-17(2-4-18)8-12(16)20/h5-7H,1-4,8H2,(H2,16,20). The van der Waals surface area contributed by atoms with Gasteiger partial charge in [0.25, 0.3) is 5.91 Å². The maximum Gasteiger partial charge on any atom is 0.254 e. The second kappa shape index (κ2) is 6.85. The summed E-state index contributed by atoms with van der Waals surface area (Å²) < 4.78 is 0.806. The Labute approximate surface area is 137 Å². The van der Waals surface area contributed by atoms with Crippen LogP contribution in [-0.4, -0.2) is 53.4 Å². The molecule has 1 aliphatic rings. The molecule has 0 aliphatic carbocycles. The van der Waals surface area contributed by atoms with Gasteiger partial charge in [-0.15, -0.1) is 0 Å². The number of benzene rings is 1. The van der Waals surface area contributed by atoms with Gasteiger partial charge in [-0.3, -0.25) is 9.69 Å². The van der Waals surface area contributed by atoms with Crippen molar-refractivity contribution in [3.63, 3.8) is 0 Å². The van der Waals surface area contributed by atoms with E-state index in [9.17, 15) is 4.79 Å². The van der Waals surface area contributed by atoms with Crippen molar-refractivity contribution in [1.29, 1.82) is 0 Å². The van der Waals surface area contributed by atoms with Gasteiger partial charge in [0.2, 0.25) is 0 Å². The summed E-state index contributed by atoms with van der Waals surface area (Å²) in [6.45, 7) is 3.52. The van der Waals surface area contributed by atoms with Crippen LogP contribution in [0.15, 0.2) is 22.7 Å². The Balaban J connectivity index is 1.99. The lowest BCUT2D eigenvalue weighted by atomic mass is 10.2. The molecule has 108 valence electrons. The van der Waals surface area contributed by atoms with Crippen molar-refractivity contribution >= 4 is 50.6 Å². The fourth-order valence-corrected chi connectivity index (χ4v) is 3.23. The van der Waals surface area contributed by atoms with Crippen molar-refractivity contribution in [2.75, 3.05) is 32.7 Å². The van der Waals surface area contributed by atoms with E-state index in [4.69, 9.17) is 29.6 Å². The highest BCUT2D eigenvalue weighted by atomic mass is 79.9. The van der Waals surface area contributed by atoms with Crippen LogP contribution >= 0.6 is 39.7 Å². The number of piperazine rings is 1. The molecule has 1 aliphatic heterocycles. The van der Waals surface area contributed by atoms with Crippen LogP contribution in [0.25, 0.3) is 0 Å². The number of hydrogen-bond donors (Lipinski definition) is 1. The van der Waals surface area contributed by atoms with Gasteiger partial charge in [0.15, 0.2) is 0 Å². The molecule has 1 aromatic rings. The zero-order valence-electron chi connectivity index (χ0n) is 10.8. The zero-order valence-corrected chi connectivity index (χ0v) is 14.0. The van der Waals surface area contributed by atoms with Gasteiger partial charge in [-0.1, -0.05) is 39.7 Å². The predicted octanol–water partition coefficient (Wildman–Crippen LogP) is 2.15. The summed E-state index contributed by atoms with van der Waals surface area (Å²) >= 11 is 14.2. The number of amides is 1. The molecule has 4 nitrogen and oxygen atoms in total. The minimum Gasteiger partial charge on any atom is -0.392 e. The van der Waals surface area contributed by atoms with E-state index >= 15 is 0 Å². The summed E-state index contributed by atoms with van der Waals surface area (Å²) in [5.41, 5.74) is 6.14. The van der Waals surface area contributed by atoms with Crippen LogP contribution in [0, 0.1) is 0 Å². The van der Waals surface area contributed by atoms with E-state index < -0.39 is 0 Å². The molecule has 2 N–H and O–H groups in total. The predicted molar refractivity (Wildman–Crippen MR) is 88.3 cm³/mol. The number of halogens is 2. The summed E-state index contributed by atoms with van der Waals surface area (Å²) in [5, 5.41) is 0.551. The SMILES string of the molecule is NC(=S)CN1CCN(C(=O)c2cc(Cl)cc(Br)c2)CC1. The Morgan fingerprint density at radius 3 is 2.50 bits per heavy atom. The largest absolute Gasteiger partial charge is 0.392 e. The first kappa shape index (κ1) is 15.7. The summed E-state index contributed by atoms with van der Waals surface area (Å²) in [5.74, 6) is 0.00294. The molecule has 2 rings (SSSR count). The van der Waals surface area contributed by atoms with Crippen molar-refractivity contribution in [1.82, 2.24) is 9.80 Å². The first-order chi connectivity index (χ1) is 9.45. The lowest BCUT2D eigenvalue weighted by Crippen LogP contribution is -2.50. The second-order valence-electron chi connectivity index (χ2n) is 4.69. The molecule has 0 unspecified atom stereocenters. The third-order valence-corrected chi connectivity index (χ3v) is 3.95. The minimum atomic E-state index is 0.00294. The number of nitrogens with zero attached hydrogens (tertiary/aromatic N) is 2. The summed E-state index contributed by atoms with van der Waals surface area (Å²) in [6.07, 6.45) is 0. The first-order valence-electron chi connectivity index (χ1n) is 6.22. The van der Waals surface area contributed by atoms with Crippen LogP contribution in [0.2, 0.25) is 5.02 Å². The topological polar surface area (TPSA) is 49.6 Å². The van der Waals surface area contributed by atoms with Crippen LogP contribution in [0.3, 0.4) is 0 Å². The quantitative estimate of drug-likeness (QED) is 0.821. The number of rotatable bonds is 3. The molecule has 1 fully saturated rings. The maximum absolute atomic E-state index is 12.4. The lowest BCUT2D eigenvalue weighted by molar-refractivity contribution is 0.0654. The maximum atomic E-state index is 12.4. The minimum absolute atomic E-state index is 0.00294. The Kier molecular flexibility index (Phi) is 5.37. The number of carbonyl (C=O) groups is 1. The number of carbonyl (C=O) groups excluding carboxylic acids is 1. The molecule has 0 saturated carbocycles. The average molecular weight is 377 g/mol. The molecule has 1 aromatic carbocycles. The molecular formula is C13H15BrClN3OS. The van der Waals surface area contributed by atoms with Gasteiger partial charge >= 0.3 is 0 Å². The van der Waals surface area contributed by atoms with Gasteiger partial charge in [-0.05, 0) is 18.2 Å². The molecular weight excluding hydrogens is 362 g/mol. The van der Waals surface area contributed by atoms with E-state index in [2.05, 4.69) is 20.8 Å². The number of thiocarbonyl (C=S) groups is 1. The van der Waals surface area contributed by atoms with E-state index in [1.54, 1.807) is 18.2 Å². The average Bonchev–Trinajstić information content (AvgIpc) is 2.37. The van der Waals surface area contributed by atoms with Gasteiger partial charge in [0, 0.05) is 47.8 Å². The third-order valence-electron chi connectivity index (χ3n) is 3.15. The number of hydrogen-bond acceptors (Lipinski definition) is 3. The molecule has 1 saturated heterocycles. The van der Waals surface area contributed by atoms with Crippen molar-refractivity contribution in [3.05, 3.63) is 33.3 Å². The highest BCUT2D eigenvalue weighted by Crippen LogP contribution is 2.21. The molecule has 0 atom stereocenters. The van der Waals surface area contributed by atoms with Crippen LogP contribution in [0.5, 0.6) is 0 Å². The van der Waals surface area contributed by atoms with Gasteiger partial charge < -0.3 is 10.6 Å². The monoisotopic (exact) mass is 375 g/mol. The number of nitrogens with two attached hydrogens (primary N) is 1. The Bertz CT molecular complexity index is 512. The van der Waals surface area contributed by atoms with Gasteiger partial charge in [0.1, 0.15) is 0 Å². The van der Waals surface area contributed by atoms with Gasteiger partial charge in [-0.2, -0.15) is 0 Å².